The van der Waals surface area contributed by atoms with E-state index in [1.54, 1.807) is 28.6 Å². The molecule has 180 valence electrons. The number of piperidine rings is 1. The van der Waals surface area contributed by atoms with Gasteiger partial charge < -0.3 is 15.1 Å². The molecule has 7 nitrogen and oxygen atoms in total. The maximum atomic E-state index is 12.8. The molecule has 1 amide bonds. The summed E-state index contributed by atoms with van der Waals surface area (Å²) in [5.41, 5.74) is 1.97. The molecule has 33 heavy (non-hydrogen) atoms. The lowest BCUT2D eigenvalue weighted by atomic mass is 9.97. The molecule has 2 heterocycles. The molecule has 9 heteroatoms. The fourth-order valence-corrected chi connectivity index (χ4v) is 6.18. The van der Waals surface area contributed by atoms with Crippen molar-refractivity contribution in [1.82, 2.24) is 9.21 Å². The van der Waals surface area contributed by atoms with Crippen molar-refractivity contribution in [3.8, 4) is 0 Å². The van der Waals surface area contributed by atoms with Gasteiger partial charge >= 0.3 is 0 Å². The van der Waals surface area contributed by atoms with Gasteiger partial charge in [0.05, 0.1) is 4.90 Å². The summed E-state index contributed by atoms with van der Waals surface area (Å²) in [5, 5.41) is 3.58. The zero-order valence-electron chi connectivity index (χ0n) is 19.2. The lowest BCUT2D eigenvalue weighted by Crippen LogP contribution is -2.39. The monoisotopic (exact) mass is 492 g/mol. The van der Waals surface area contributed by atoms with Crippen molar-refractivity contribution in [2.24, 2.45) is 5.92 Å². The number of benzene rings is 2. The highest BCUT2D eigenvalue weighted by molar-refractivity contribution is 8.22. The van der Waals surface area contributed by atoms with Crippen LogP contribution in [0, 0.1) is 5.92 Å². The van der Waals surface area contributed by atoms with Gasteiger partial charge in [0.1, 0.15) is 0 Å². The molecule has 0 radical (unpaired) electrons. The minimum absolute atomic E-state index is 0.0146. The van der Waals surface area contributed by atoms with Crippen LogP contribution in [-0.2, 0) is 4.79 Å². The van der Waals surface area contributed by atoms with Crippen LogP contribution in [0.1, 0.15) is 19.3 Å². The smallest absolute Gasteiger partial charge is 0.227 e. The molecular weight excluding hydrogens is 460 g/mol. The fraction of sp³-hybridized carbons (Fsp3) is 0.458. The van der Waals surface area contributed by atoms with Gasteiger partial charge in [-0.15, -0.1) is 10.8 Å². The molecule has 2 aromatic rings. The third-order valence-corrected chi connectivity index (χ3v) is 8.95. The second kappa shape index (κ2) is 10.2. The summed E-state index contributed by atoms with van der Waals surface area (Å²) < 4.78 is 23.1. The maximum absolute atomic E-state index is 12.8. The second-order valence-corrected chi connectivity index (χ2v) is 11.5. The number of carbonyl (C=O) groups is 1. The Hall–Kier alpha value is -1.81. The minimum atomic E-state index is -3.07. The van der Waals surface area contributed by atoms with Crippen molar-refractivity contribution in [2.75, 3.05) is 50.5 Å². The SMILES string of the molecule is CN(C)C1CCN(c2ccc(NC(=O)C3CCN(S(O)(O)c4ccc(Cl)cc4)CC3)cc2)C1. The Morgan fingerprint density at radius 3 is 2.21 bits per heavy atom. The van der Waals surface area contributed by atoms with Crippen LogP contribution in [0.15, 0.2) is 53.4 Å². The van der Waals surface area contributed by atoms with Crippen molar-refractivity contribution in [2.45, 2.75) is 30.2 Å². The van der Waals surface area contributed by atoms with Gasteiger partial charge in [-0.1, -0.05) is 11.6 Å². The molecule has 2 aliphatic rings. The Kier molecular flexibility index (Phi) is 7.53. The van der Waals surface area contributed by atoms with Gasteiger partial charge in [0.15, 0.2) is 0 Å². The van der Waals surface area contributed by atoms with Crippen molar-refractivity contribution >= 4 is 39.7 Å². The molecule has 0 bridgehead atoms. The highest BCUT2D eigenvalue weighted by Crippen LogP contribution is 2.52. The number of halogens is 1. The van der Waals surface area contributed by atoms with Crippen LogP contribution < -0.4 is 10.2 Å². The molecule has 0 saturated carbocycles. The van der Waals surface area contributed by atoms with Gasteiger partial charge in [-0.3, -0.25) is 13.9 Å². The molecule has 4 rings (SSSR count). The molecule has 2 aromatic carbocycles. The van der Waals surface area contributed by atoms with Crippen LogP contribution in [0.3, 0.4) is 0 Å². The number of anilines is 2. The average molecular weight is 493 g/mol. The van der Waals surface area contributed by atoms with E-state index in [9.17, 15) is 13.9 Å². The predicted molar refractivity (Wildman–Crippen MR) is 136 cm³/mol. The minimum Gasteiger partial charge on any atom is -0.370 e. The Bertz CT molecular complexity index is 947. The van der Waals surface area contributed by atoms with Crippen molar-refractivity contribution in [3.63, 3.8) is 0 Å². The summed E-state index contributed by atoms with van der Waals surface area (Å²) in [6.45, 7) is 2.96. The first-order chi connectivity index (χ1) is 15.7. The van der Waals surface area contributed by atoms with Gasteiger partial charge in [-0.05, 0) is 81.9 Å². The normalized spacial score (nSPS) is 20.9. The zero-order chi connectivity index (χ0) is 23.6. The summed E-state index contributed by atoms with van der Waals surface area (Å²) in [4.78, 5) is 17.9. The van der Waals surface area contributed by atoms with E-state index < -0.39 is 10.8 Å². The average Bonchev–Trinajstić information content (AvgIpc) is 3.31. The molecule has 0 aliphatic carbocycles. The molecule has 0 aromatic heterocycles. The second-order valence-electron chi connectivity index (χ2n) is 9.06. The predicted octanol–water partition coefficient (Wildman–Crippen LogP) is 4.86. The van der Waals surface area contributed by atoms with Gasteiger partial charge in [0, 0.05) is 54.5 Å². The van der Waals surface area contributed by atoms with Crippen LogP contribution in [0.25, 0.3) is 0 Å². The van der Waals surface area contributed by atoms with E-state index in [2.05, 4.69) is 41.3 Å². The van der Waals surface area contributed by atoms with E-state index in [4.69, 9.17) is 11.6 Å². The van der Waals surface area contributed by atoms with Crippen LogP contribution in [0.2, 0.25) is 5.02 Å². The third kappa shape index (κ3) is 5.65. The van der Waals surface area contributed by atoms with Crippen LogP contribution in [-0.4, -0.2) is 70.5 Å². The number of nitrogens with one attached hydrogen (secondary N) is 1. The van der Waals surface area contributed by atoms with E-state index >= 15 is 0 Å². The van der Waals surface area contributed by atoms with Gasteiger partial charge in [0.25, 0.3) is 0 Å². The van der Waals surface area contributed by atoms with E-state index in [-0.39, 0.29) is 11.8 Å². The Labute approximate surface area is 202 Å². The van der Waals surface area contributed by atoms with Gasteiger partial charge in [0.2, 0.25) is 5.91 Å². The number of amides is 1. The standard InChI is InChI=1S/C24H33ClN4O3S/c1-27(2)22-13-14-28(17-22)21-7-5-20(6-8-21)26-24(30)18-11-15-29(16-12-18)33(31,32)23-9-3-19(25)4-10-23/h3-10,18,22,31-32H,11-17H2,1-2H3,(H,26,30). The maximum Gasteiger partial charge on any atom is 0.227 e. The van der Waals surface area contributed by atoms with E-state index in [0.29, 0.717) is 41.9 Å². The number of hydrogen-bond donors (Lipinski definition) is 3. The third-order valence-electron chi connectivity index (χ3n) is 6.71. The molecule has 1 atom stereocenters. The Balaban J connectivity index is 1.29. The highest BCUT2D eigenvalue weighted by Gasteiger charge is 2.32. The van der Waals surface area contributed by atoms with Crippen molar-refractivity contribution < 1.29 is 13.9 Å². The van der Waals surface area contributed by atoms with Crippen LogP contribution in [0.5, 0.6) is 0 Å². The van der Waals surface area contributed by atoms with E-state index in [1.165, 1.54) is 5.69 Å². The first kappa shape index (κ1) is 24.3. The quantitative estimate of drug-likeness (QED) is 0.534. The summed E-state index contributed by atoms with van der Waals surface area (Å²) in [5.74, 6) is -0.167. The number of rotatable bonds is 6. The molecule has 2 fully saturated rings. The molecule has 2 aliphatic heterocycles. The Morgan fingerprint density at radius 1 is 1.00 bits per heavy atom. The largest absolute Gasteiger partial charge is 0.370 e. The van der Waals surface area contributed by atoms with Crippen molar-refractivity contribution in [1.29, 1.82) is 0 Å². The number of likely N-dealkylation sites (N-methyl/N-ethyl adjacent to an activating group) is 1. The van der Waals surface area contributed by atoms with Gasteiger partial charge in [-0.2, -0.15) is 0 Å². The van der Waals surface area contributed by atoms with Crippen LogP contribution in [0.4, 0.5) is 11.4 Å². The number of nitrogens with zero attached hydrogens (tertiary/aromatic N) is 3. The summed E-state index contributed by atoms with van der Waals surface area (Å²) in [6.07, 6.45) is 2.31. The number of carbonyl (C=O) groups excluding carboxylic acids is 1. The zero-order valence-corrected chi connectivity index (χ0v) is 20.7. The molecular formula is C24H33ClN4O3S. The van der Waals surface area contributed by atoms with Crippen LogP contribution >= 0.6 is 22.4 Å². The van der Waals surface area contributed by atoms with E-state index in [1.807, 2.05) is 12.1 Å². The molecule has 1 unspecified atom stereocenters. The lowest BCUT2D eigenvalue weighted by Gasteiger charge is -2.45. The highest BCUT2D eigenvalue weighted by atomic mass is 35.5. The Morgan fingerprint density at radius 2 is 1.64 bits per heavy atom. The van der Waals surface area contributed by atoms with Gasteiger partial charge in [-0.25, -0.2) is 4.31 Å². The molecule has 3 N–H and O–H groups in total. The first-order valence-corrected chi connectivity index (χ1v) is 13.2. The number of hydrogen-bond acceptors (Lipinski definition) is 6. The first-order valence-electron chi connectivity index (χ1n) is 11.4. The summed E-state index contributed by atoms with van der Waals surface area (Å²) >= 11 is 5.91. The topological polar surface area (TPSA) is 79.3 Å². The fourth-order valence-electron chi connectivity index (χ4n) is 4.54. The summed E-state index contributed by atoms with van der Waals surface area (Å²) in [7, 11) is 1.17. The van der Waals surface area contributed by atoms with Crippen molar-refractivity contribution in [3.05, 3.63) is 53.6 Å². The lowest BCUT2D eigenvalue weighted by molar-refractivity contribution is -0.120. The molecule has 2 saturated heterocycles. The summed E-state index contributed by atoms with van der Waals surface area (Å²) in [6, 6.07) is 15.2. The van der Waals surface area contributed by atoms with E-state index in [0.717, 1.165) is 25.2 Å². The molecule has 0 spiro atoms.